The molecule has 4 rings (SSSR count). The van der Waals surface area contributed by atoms with Crippen molar-refractivity contribution in [2.75, 3.05) is 10.6 Å². The van der Waals surface area contributed by atoms with E-state index in [1.54, 1.807) is 11.3 Å². The fraction of sp³-hybridized carbons (Fsp3) is 0.0800. The van der Waals surface area contributed by atoms with Gasteiger partial charge in [-0.3, -0.25) is 9.59 Å². The van der Waals surface area contributed by atoms with Gasteiger partial charge in [0.2, 0.25) is 11.8 Å². The van der Waals surface area contributed by atoms with E-state index in [0.29, 0.717) is 11.4 Å². The number of carbonyl (C=O) groups is 2. The minimum absolute atomic E-state index is 0.0301. The molecule has 1 heterocycles. The Balaban J connectivity index is 1.29. The van der Waals surface area contributed by atoms with Gasteiger partial charge in [-0.1, -0.05) is 42.5 Å². The van der Waals surface area contributed by atoms with Crippen LogP contribution in [0, 0.1) is 5.82 Å². The average Bonchev–Trinajstić information content (AvgIpc) is 3.31. The van der Waals surface area contributed by atoms with Crippen LogP contribution in [-0.4, -0.2) is 16.8 Å². The van der Waals surface area contributed by atoms with E-state index in [1.807, 2.05) is 60.0 Å². The second-order valence-electron chi connectivity index (χ2n) is 7.08. The van der Waals surface area contributed by atoms with Crippen molar-refractivity contribution in [3.05, 3.63) is 90.1 Å². The Labute approximate surface area is 189 Å². The molecule has 0 unspecified atom stereocenters. The van der Waals surface area contributed by atoms with Gasteiger partial charge in [0, 0.05) is 40.7 Å². The van der Waals surface area contributed by atoms with Crippen molar-refractivity contribution >= 4 is 34.5 Å². The number of halogens is 1. The van der Waals surface area contributed by atoms with Crippen LogP contribution in [0.25, 0.3) is 21.8 Å². The highest BCUT2D eigenvalue weighted by molar-refractivity contribution is 7.13. The Hall–Kier alpha value is -3.84. The Morgan fingerprint density at radius 3 is 1.91 bits per heavy atom. The van der Waals surface area contributed by atoms with Gasteiger partial charge in [-0.2, -0.15) is 0 Å². The predicted octanol–water partition coefficient (Wildman–Crippen LogP) is 5.97. The standard InChI is InChI=1S/C25H20FN3O2S/c26-19-8-12-21(13-9-19)28-24(31)15-14-23(30)27-20-10-6-17(7-11-20)22-16-32-25(29-22)18-4-2-1-3-5-18/h1-13,16H,14-15H2,(H,27,30)(H,28,31). The number of amides is 2. The van der Waals surface area contributed by atoms with Crippen molar-refractivity contribution in [2.24, 2.45) is 0 Å². The Kier molecular flexibility index (Phi) is 6.67. The highest BCUT2D eigenvalue weighted by Gasteiger charge is 2.10. The van der Waals surface area contributed by atoms with Gasteiger partial charge in [-0.15, -0.1) is 11.3 Å². The minimum atomic E-state index is -0.375. The third-order valence-corrected chi connectivity index (χ3v) is 5.59. The van der Waals surface area contributed by atoms with E-state index in [-0.39, 0.29) is 30.5 Å². The number of carbonyl (C=O) groups excluding carboxylic acids is 2. The molecule has 0 radical (unpaired) electrons. The summed E-state index contributed by atoms with van der Waals surface area (Å²) in [6.45, 7) is 0. The quantitative estimate of drug-likeness (QED) is 0.368. The number of nitrogens with zero attached hydrogens (tertiary/aromatic N) is 1. The van der Waals surface area contributed by atoms with Crippen LogP contribution in [0.4, 0.5) is 15.8 Å². The van der Waals surface area contributed by atoms with Crippen LogP contribution in [0.5, 0.6) is 0 Å². The van der Waals surface area contributed by atoms with E-state index >= 15 is 0 Å². The Bertz CT molecular complexity index is 1210. The Morgan fingerprint density at radius 1 is 0.750 bits per heavy atom. The number of thiazole rings is 1. The van der Waals surface area contributed by atoms with E-state index in [1.165, 1.54) is 24.3 Å². The number of hydrogen-bond donors (Lipinski definition) is 2. The number of hydrogen-bond acceptors (Lipinski definition) is 4. The summed E-state index contributed by atoms with van der Waals surface area (Å²) < 4.78 is 12.9. The molecule has 2 N–H and O–H groups in total. The lowest BCUT2D eigenvalue weighted by atomic mass is 10.1. The van der Waals surface area contributed by atoms with Crippen molar-refractivity contribution < 1.29 is 14.0 Å². The fourth-order valence-corrected chi connectivity index (χ4v) is 3.89. The molecule has 3 aromatic carbocycles. The van der Waals surface area contributed by atoms with Crippen LogP contribution in [0.3, 0.4) is 0 Å². The lowest BCUT2D eigenvalue weighted by molar-refractivity contribution is -0.121. The molecule has 0 atom stereocenters. The maximum absolute atomic E-state index is 12.9. The molecule has 0 fully saturated rings. The SMILES string of the molecule is O=C(CCC(=O)Nc1ccc(-c2csc(-c3ccccc3)n2)cc1)Nc1ccc(F)cc1. The molecule has 0 saturated carbocycles. The van der Waals surface area contributed by atoms with Crippen molar-refractivity contribution in [1.29, 1.82) is 0 Å². The van der Waals surface area contributed by atoms with Gasteiger partial charge in [-0.25, -0.2) is 9.37 Å². The smallest absolute Gasteiger partial charge is 0.224 e. The molecule has 0 spiro atoms. The molecule has 7 heteroatoms. The largest absolute Gasteiger partial charge is 0.326 e. The summed E-state index contributed by atoms with van der Waals surface area (Å²) in [6, 6.07) is 22.9. The number of anilines is 2. The minimum Gasteiger partial charge on any atom is -0.326 e. The van der Waals surface area contributed by atoms with Crippen LogP contribution in [0.2, 0.25) is 0 Å². The first-order chi connectivity index (χ1) is 15.6. The van der Waals surface area contributed by atoms with Gasteiger partial charge in [0.15, 0.2) is 0 Å². The second kappa shape index (κ2) is 9.98. The second-order valence-corrected chi connectivity index (χ2v) is 7.94. The maximum Gasteiger partial charge on any atom is 0.224 e. The molecule has 5 nitrogen and oxygen atoms in total. The normalized spacial score (nSPS) is 10.5. The summed E-state index contributed by atoms with van der Waals surface area (Å²) in [5.74, 6) is -0.938. The fourth-order valence-electron chi connectivity index (χ4n) is 3.05. The highest BCUT2D eigenvalue weighted by Crippen LogP contribution is 2.29. The lowest BCUT2D eigenvalue weighted by Gasteiger charge is -2.07. The first kappa shape index (κ1) is 21.4. The third-order valence-electron chi connectivity index (χ3n) is 4.70. The van der Waals surface area contributed by atoms with Crippen LogP contribution >= 0.6 is 11.3 Å². The van der Waals surface area contributed by atoms with Crippen LogP contribution in [0.1, 0.15) is 12.8 Å². The monoisotopic (exact) mass is 445 g/mol. The maximum atomic E-state index is 12.9. The van der Waals surface area contributed by atoms with Crippen LogP contribution in [0.15, 0.2) is 84.2 Å². The van der Waals surface area contributed by atoms with Crippen molar-refractivity contribution in [3.63, 3.8) is 0 Å². The third kappa shape index (κ3) is 5.65. The number of nitrogens with one attached hydrogen (secondary N) is 2. The summed E-state index contributed by atoms with van der Waals surface area (Å²) in [5, 5.41) is 8.39. The van der Waals surface area contributed by atoms with Gasteiger partial charge in [-0.05, 0) is 36.4 Å². The molecule has 0 aliphatic carbocycles. The van der Waals surface area contributed by atoms with Gasteiger partial charge in [0.05, 0.1) is 5.69 Å². The zero-order chi connectivity index (χ0) is 22.3. The van der Waals surface area contributed by atoms with E-state index in [0.717, 1.165) is 21.8 Å². The van der Waals surface area contributed by atoms with Crippen LogP contribution in [-0.2, 0) is 9.59 Å². The van der Waals surface area contributed by atoms with E-state index in [9.17, 15) is 14.0 Å². The topological polar surface area (TPSA) is 71.1 Å². The molecule has 32 heavy (non-hydrogen) atoms. The number of aromatic nitrogens is 1. The molecule has 0 aliphatic heterocycles. The van der Waals surface area contributed by atoms with Crippen molar-refractivity contribution in [1.82, 2.24) is 4.98 Å². The van der Waals surface area contributed by atoms with Crippen molar-refractivity contribution in [2.45, 2.75) is 12.8 Å². The van der Waals surface area contributed by atoms with E-state index in [2.05, 4.69) is 10.6 Å². The summed E-state index contributed by atoms with van der Waals surface area (Å²) in [4.78, 5) is 28.8. The van der Waals surface area contributed by atoms with Crippen molar-refractivity contribution in [3.8, 4) is 21.8 Å². The summed E-state index contributed by atoms with van der Waals surface area (Å²) in [7, 11) is 0. The van der Waals surface area contributed by atoms with Gasteiger partial charge in [0.25, 0.3) is 0 Å². The first-order valence-electron chi connectivity index (χ1n) is 10.0. The molecule has 160 valence electrons. The van der Waals surface area contributed by atoms with Gasteiger partial charge in [0.1, 0.15) is 10.8 Å². The summed E-state index contributed by atoms with van der Waals surface area (Å²) >= 11 is 1.59. The molecular weight excluding hydrogens is 425 g/mol. The predicted molar refractivity (Wildman–Crippen MR) is 126 cm³/mol. The van der Waals surface area contributed by atoms with Gasteiger partial charge >= 0.3 is 0 Å². The molecule has 2 amide bonds. The summed E-state index contributed by atoms with van der Waals surface area (Å²) in [6.07, 6.45) is 0.0731. The highest BCUT2D eigenvalue weighted by atomic mass is 32.1. The van der Waals surface area contributed by atoms with Gasteiger partial charge < -0.3 is 10.6 Å². The lowest BCUT2D eigenvalue weighted by Crippen LogP contribution is -2.17. The summed E-state index contributed by atoms with van der Waals surface area (Å²) in [5.41, 5.74) is 4.06. The molecule has 0 bridgehead atoms. The zero-order valence-electron chi connectivity index (χ0n) is 17.0. The van der Waals surface area contributed by atoms with E-state index < -0.39 is 0 Å². The molecular formula is C25H20FN3O2S. The Morgan fingerprint density at radius 2 is 1.31 bits per heavy atom. The molecule has 0 aliphatic rings. The van der Waals surface area contributed by atoms with E-state index in [4.69, 9.17) is 4.98 Å². The number of benzene rings is 3. The molecule has 4 aromatic rings. The molecule has 0 saturated heterocycles. The number of rotatable bonds is 7. The van der Waals surface area contributed by atoms with Crippen LogP contribution < -0.4 is 10.6 Å². The molecule has 1 aromatic heterocycles. The zero-order valence-corrected chi connectivity index (χ0v) is 17.9. The first-order valence-corrected chi connectivity index (χ1v) is 10.9. The average molecular weight is 446 g/mol.